The fourth-order valence-electron chi connectivity index (χ4n) is 4.52. The number of hydrogen-bond acceptors (Lipinski definition) is 3. The van der Waals surface area contributed by atoms with Crippen molar-refractivity contribution in [2.75, 3.05) is 19.6 Å². The van der Waals surface area contributed by atoms with E-state index in [0.29, 0.717) is 36.9 Å². The summed E-state index contributed by atoms with van der Waals surface area (Å²) in [4.78, 5) is 29.4. The molecule has 1 aromatic heterocycles. The van der Waals surface area contributed by atoms with E-state index in [1.807, 2.05) is 9.80 Å². The molecule has 2 saturated carbocycles. The highest BCUT2D eigenvalue weighted by molar-refractivity contribution is 7.07. The summed E-state index contributed by atoms with van der Waals surface area (Å²) in [6, 6.07) is 2.55. The molecule has 3 fully saturated rings. The number of nitrogens with zero attached hydrogens (tertiary/aromatic N) is 2. The lowest BCUT2D eigenvalue weighted by Gasteiger charge is -2.34. The van der Waals surface area contributed by atoms with Crippen molar-refractivity contribution in [3.8, 4) is 0 Å². The van der Waals surface area contributed by atoms with Crippen LogP contribution in [0.3, 0.4) is 0 Å². The SMILES string of the molecule is O=C(C1CC1)N1CCC[C@H](CNC(=O)N(Cc2ccsc2)C2CCCC2)C1. The first kappa shape index (κ1) is 18.8. The average Bonchev–Trinajstić information content (AvgIpc) is 3.16. The van der Waals surface area contributed by atoms with Gasteiger partial charge in [0, 0.05) is 38.1 Å². The Morgan fingerprint density at radius 1 is 1.15 bits per heavy atom. The Morgan fingerprint density at radius 3 is 2.67 bits per heavy atom. The van der Waals surface area contributed by atoms with Gasteiger partial charge in [-0.1, -0.05) is 12.8 Å². The van der Waals surface area contributed by atoms with Crippen molar-refractivity contribution in [1.29, 1.82) is 0 Å². The first-order chi connectivity index (χ1) is 13.2. The summed E-state index contributed by atoms with van der Waals surface area (Å²) in [6.45, 7) is 3.09. The lowest BCUT2D eigenvalue weighted by Crippen LogP contribution is -2.48. The largest absolute Gasteiger partial charge is 0.342 e. The third-order valence-electron chi connectivity index (χ3n) is 6.26. The van der Waals surface area contributed by atoms with Gasteiger partial charge in [-0.05, 0) is 66.8 Å². The van der Waals surface area contributed by atoms with E-state index in [4.69, 9.17) is 0 Å². The van der Waals surface area contributed by atoms with Crippen molar-refractivity contribution in [2.45, 2.75) is 64.0 Å². The molecule has 1 saturated heterocycles. The Hall–Kier alpha value is -1.56. The van der Waals surface area contributed by atoms with Crippen LogP contribution in [-0.4, -0.2) is 47.4 Å². The number of hydrogen-bond donors (Lipinski definition) is 1. The van der Waals surface area contributed by atoms with Crippen LogP contribution in [0.4, 0.5) is 4.79 Å². The number of nitrogens with one attached hydrogen (secondary N) is 1. The van der Waals surface area contributed by atoms with Gasteiger partial charge in [-0.2, -0.15) is 11.3 Å². The maximum atomic E-state index is 13.0. The second-order valence-electron chi connectivity index (χ2n) is 8.45. The lowest BCUT2D eigenvalue weighted by molar-refractivity contribution is -0.134. The summed E-state index contributed by atoms with van der Waals surface area (Å²) in [5.41, 5.74) is 1.22. The predicted octanol–water partition coefficient (Wildman–Crippen LogP) is 3.85. The van der Waals surface area contributed by atoms with Gasteiger partial charge in [-0.25, -0.2) is 4.79 Å². The topological polar surface area (TPSA) is 52.7 Å². The van der Waals surface area contributed by atoms with Gasteiger partial charge in [0.15, 0.2) is 0 Å². The molecule has 2 heterocycles. The zero-order valence-corrected chi connectivity index (χ0v) is 16.9. The summed E-state index contributed by atoms with van der Waals surface area (Å²) >= 11 is 1.69. The molecule has 5 nitrogen and oxygen atoms in total. The molecular weight excluding hydrogens is 358 g/mol. The van der Waals surface area contributed by atoms with Gasteiger partial charge in [-0.3, -0.25) is 4.79 Å². The minimum atomic E-state index is 0.0683. The van der Waals surface area contributed by atoms with Crippen LogP contribution in [0, 0.1) is 11.8 Å². The van der Waals surface area contributed by atoms with E-state index >= 15 is 0 Å². The summed E-state index contributed by atoms with van der Waals surface area (Å²) < 4.78 is 0. The maximum Gasteiger partial charge on any atom is 0.317 e. The molecule has 0 spiro atoms. The molecule has 1 N–H and O–H groups in total. The molecule has 4 rings (SSSR count). The van der Waals surface area contributed by atoms with Crippen LogP contribution < -0.4 is 5.32 Å². The average molecular weight is 390 g/mol. The van der Waals surface area contributed by atoms with Crippen LogP contribution in [0.5, 0.6) is 0 Å². The van der Waals surface area contributed by atoms with E-state index in [0.717, 1.165) is 51.6 Å². The van der Waals surface area contributed by atoms with Gasteiger partial charge in [0.05, 0.1) is 0 Å². The Morgan fingerprint density at radius 2 is 1.96 bits per heavy atom. The number of urea groups is 1. The van der Waals surface area contributed by atoms with Crippen molar-refractivity contribution >= 4 is 23.3 Å². The normalized spacial score (nSPS) is 23.4. The van der Waals surface area contributed by atoms with E-state index in [2.05, 4.69) is 22.1 Å². The van der Waals surface area contributed by atoms with Gasteiger partial charge in [0.2, 0.25) is 5.91 Å². The molecule has 0 unspecified atom stereocenters. The third kappa shape index (κ3) is 4.84. The summed E-state index contributed by atoms with van der Waals surface area (Å²) in [7, 11) is 0. The van der Waals surface area contributed by atoms with Crippen LogP contribution in [0.15, 0.2) is 16.8 Å². The Balaban J connectivity index is 1.31. The number of thiophene rings is 1. The number of rotatable bonds is 6. The number of carbonyl (C=O) groups is 2. The highest BCUT2D eigenvalue weighted by Gasteiger charge is 2.35. The van der Waals surface area contributed by atoms with E-state index in [1.165, 1.54) is 18.4 Å². The van der Waals surface area contributed by atoms with Crippen molar-refractivity contribution in [3.63, 3.8) is 0 Å². The Bertz CT molecular complexity index is 638. The van der Waals surface area contributed by atoms with Crippen LogP contribution in [0.2, 0.25) is 0 Å². The number of piperidine rings is 1. The van der Waals surface area contributed by atoms with Crippen molar-refractivity contribution < 1.29 is 9.59 Å². The molecule has 3 amide bonds. The smallest absolute Gasteiger partial charge is 0.317 e. The van der Waals surface area contributed by atoms with Gasteiger partial charge >= 0.3 is 6.03 Å². The predicted molar refractivity (Wildman–Crippen MR) is 108 cm³/mol. The van der Waals surface area contributed by atoms with Gasteiger partial charge in [0.1, 0.15) is 0 Å². The Labute approximate surface area is 166 Å². The van der Waals surface area contributed by atoms with Gasteiger partial charge in [0.25, 0.3) is 0 Å². The molecule has 1 atom stereocenters. The maximum absolute atomic E-state index is 13.0. The molecule has 0 radical (unpaired) electrons. The second-order valence-corrected chi connectivity index (χ2v) is 9.23. The van der Waals surface area contributed by atoms with Crippen LogP contribution >= 0.6 is 11.3 Å². The molecule has 1 aliphatic heterocycles. The van der Waals surface area contributed by atoms with Crippen LogP contribution in [0.1, 0.15) is 56.9 Å². The molecular formula is C21H31N3O2S. The fourth-order valence-corrected chi connectivity index (χ4v) is 5.18. The molecule has 27 heavy (non-hydrogen) atoms. The summed E-state index contributed by atoms with van der Waals surface area (Å²) in [5, 5.41) is 7.41. The van der Waals surface area contributed by atoms with Crippen LogP contribution in [-0.2, 0) is 11.3 Å². The van der Waals surface area contributed by atoms with Crippen LogP contribution in [0.25, 0.3) is 0 Å². The van der Waals surface area contributed by atoms with Gasteiger partial charge in [-0.15, -0.1) is 0 Å². The fraction of sp³-hybridized carbons (Fsp3) is 0.714. The quantitative estimate of drug-likeness (QED) is 0.803. The molecule has 0 bridgehead atoms. The third-order valence-corrected chi connectivity index (χ3v) is 6.99. The monoisotopic (exact) mass is 389 g/mol. The van der Waals surface area contributed by atoms with Gasteiger partial charge < -0.3 is 15.1 Å². The zero-order chi connectivity index (χ0) is 18.6. The first-order valence-electron chi connectivity index (χ1n) is 10.5. The van der Waals surface area contributed by atoms with E-state index in [-0.39, 0.29) is 6.03 Å². The highest BCUT2D eigenvalue weighted by Crippen LogP contribution is 2.32. The van der Waals surface area contributed by atoms with Crippen molar-refractivity contribution in [3.05, 3.63) is 22.4 Å². The van der Waals surface area contributed by atoms with Crippen molar-refractivity contribution in [1.82, 2.24) is 15.1 Å². The first-order valence-corrected chi connectivity index (χ1v) is 11.5. The number of likely N-dealkylation sites (tertiary alicyclic amines) is 1. The lowest BCUT2D eigenvalue weighted by atomic mass is 9.97. The van der Waals surface area contributed by atoms with E-state index < -0.39 is 0 Å². The van der Waals surface area contributed by atoms with E-state index in [1.54, 1.807) is 11.3 Å². The molecule has 6 heteroatoms. The second kappa shape index (κ2) is 8.63. The molecule has 1 aromatic rings. The number of carbonyl (C=O) groups excluding carboxylic acids is 2. The number of amides is 3. The molecule has 2 aliphatic carbocycles. The van der Waals surface area contributed by atoms with Crippen molar-refractivity contribution in [2.24, 2.45) is 11.8 Å². The zero-order valence-electron chi connectivity index (χ0n) is 16.1. The molecule has 0 aromatic carbocycles. The minimum absolute atomic E-state index is 0.0683. The summed E-state index contributed by atoms with van der Waals surface area (Å²) in [6.07, 6.45) is 8.96. The Kier molecular flexibility index (Phi) is 6.01. The summed E-state index contributed by atoms with van der Waals surface area (Å²) in [5.74, 6) is 1.02. The minimum Gasteiger partial charge on any atom is -0.342 e. The highest BCUT2D eigenvalue weighted by atomic mass is 32.1. The standard InChI is InChI=1S/C21H31N3O2S/c25-20(18-7-8-18)23-10-3-4-16(13-23)12-22-21(26)24(19-5-1-2-6-19)14-17-9-11-27-15-17/h9,11,15-16,18-19H,1-8,10,12-14H2,(H,22,26)/t16-/m1/s1. The molecule has 148 valence electrons. The molecule has 3 aliphatic rings. The van der Waals surface area contributed by atoms with E-state index in [9.17, 15) is 9.59 Å².